The molecule has 4 nitrogen and oxygen atoms in total. The maximum atomic E-state index is 11.0. The van der Waals surface area contributed by atoms with Gasteiger partial charge in [0.05, 0.1) is 5.92 Å². The van der Waals surface area contributed by atoms with Crippen LogP contribution in [0.1, 0.15) is 18.9 Å². The van der Waals surface area contributed by atoms with E-state index in [1.165, 1.54) is 0 Å². The SMILES string of the molecule is Cc1ccc(N2CCC(C(=O)O)C2C)nc1. The minimum absolute atomic E-state index is 0.0210. The fourth-order valence-electron chi connectivity index (χ4n) is 2.22. The Morgan fingerprint density at radius 1 is 1.56 bits per heavy atom. The van der Waals surface area contributed by atoms with Gasteiger partial charge in [0.2, 0.25) is 0 Å². The summed E-state index contributed by atoms with van der Waals surface area (Å²) in [7, 11) is 0. The van der Waals surface area contributed by atoms with E-state index in [1.54, 1.807) is 0 Å². The second-order valence-corrected chi connectivity index (χ2v) is 4.36. The molecule has 0 aliphatic carbocycles. The lowest BCUT2D eigenvalue weighted by molar-refractivity contribution is -0.141. The van der Waals surface area contributed by atoms with Crippen molar-refractivity contribution in [3.63, 3.8) is 0 Å². The lowest BCUT2D eigenvalue weighted by Crippen LogP contribution is -2.33. The lowest BCUT2D eigenvalue weighted by atomic mass is 10.0. The van der Waals surface area contributed by atoms with Crippen molar-refractivity contribution < 1.29 is 9.90 Å². The van der Waals surface area contributed by atoms with E-state index in [2.05, 4.69) is 9.88 Å². The van der Waals surface area contributed by atoms with E-state index in [1.807, 2.05) is 32.2 Å². The summed E-state index contributed by atoms with van der Waals surface area (Å²) in [4.78, 5) is 17.4. The van der Waals surface area contributed by atoms with Crippen molar-refractivity contribution in [3.05, 3.63) is 23.9 Å². The predicted molar refractivity (Wildman–Crippen MR) is 61.5 cm³/mol. The Bertz CT molecular complexity index is 389. The molecule has 86 valence electrons. The van der Waals surface area contributed by atoms with E-state index in [4.69, 9.17) is 5.11 Å². The minimum atomic E-state index is -0.706. The molecule has 4 heteroatoms. The topological polar surface area (TPSA) is 53.4 Å². The smallest absolute Gasteiger partial charge is 0.308 e. The molecule has 2 rings (SSSR count). The number of carboxylic acids is 1. The molecule has 1 fully saturated rings. The fraction of sp³-hybridized carbons (Fsp3) is 0.500. The Labute approximate surface area is 94.9 Å². The van der Waals surface area contributed by atoms with Crippen molar-refractivity contribution in [2.45, 2.75) is 26.3 Å². The molecule has 0 saturated carbocycles. The lowest BCUT2D eigenvalue weighted by Gasteiger charge is -2.24. The van der Waals surface area contributed by atoms with Crippen LogP contribution >= 0.6 is 0 Å². The van der Waals surface area contributed by atoms with Gasteiger partial charge in [0.15, 0.2) is 0 Å². The maximum Gasteiger partial charge on any atom is 0.308 e. The molecule has 1 aliphatic heterocycles. The van der Waals surface area contributed by atoms with Gasteiger partial charge in [-0.25, -0.2) is 4.98 Å². The number of carboxylic acid groups (broad SMARTS) is 1. The highest BCUT2D eigenvalue weighted by molar-refractivity contribution is 5.72. The van der Waals surface area contributed by atoms with Crippen LogP contribution in [0.2, 0.25) is 0 Å². The average Bonchev–Trinajstić information content (AvgIpc) is 2.61. The van der Waals surface area contributed by atoms with E-state index in [0.29, 0.717) is 6.42 Å². The normalized spacial score (nSPS) is 24.8. The predicted octanol–water partition coefficient (Wildman–Crippen LogP) is 1.69. The standard InChI is InChI=1S/C12H16N2O2/c1-8-3-4-11(13-7-8)14-6-5-10(9(14)2)12(15)16/h3-4,7,9-10H,5-6H2,1-2H3,(H,15,16). The first-order valence-electron chi connectivity index (χ1n) is 5.51. The van der Waals surface area contributed by atoms with Crippen LogP contribution in [0.25, 0.3) is 0 Å². The zero-order valence-electron chi connectivity index (χ0n) is 9.55. The van der Waals surface area contributed by atoms with Crippen molar-refractivity contribution in [2.75, 3.05) is 11.4 Å². The number of aromatic nitrogens is 1. The zero-order chi connectivity index (χ0) is 11.7. The number of anilines is 1. The van der Waals surface area contributed by atoms with Crippen LogP contribution in [0.3, 0.4) is 0 Å². The first-order valence-corrected chi connectivity index (χ1v) is 5.51. The van der Waals surface area contributed by atoms with Crippen LogP contribution in [0.4, 0.5) is 5.82 Å². The number of hydrogen-bond acceptors (Lipinski definition) is 3. The Kier molecular flexibility index (Phi) is 2.81. The Morgan fingerprint density at radius 3 is 2.81 bits per heavy atom. The number of nitrogens with zero attached hydrogens (tertiary/aromatic N) is 2. The summed E-state index contributed by atoms with van der Waals surface area (Å²) in [6, 6.07) is 3.98. The van der Waals surface area contributed by atoms with E-state index in [0.717, 1.165) is 17.9 Å². The first-order chi connectivity index (χ1) is 7.59. The van der Waals surface area contributed by atoms with Gasteiger partial charge in [0, 0.05) is 18.8 Å². The molecule has 0 aromatic carbocycles. The second-order valence-electron chi connectivity index (χ2n) is 4.36. The van der Waals surface area contributed by atoms with E-state index in [9.17, 15) is 4.79 Å². The van der Waals surface area contributed by atoms with Gasteiger partial charge in [-0.05, 0) is 31.9 Å². The van der Waals surface area contributed by atoms with Crippen molar-refractivity contribution in [2.24, 2.45) is 5.92 Å². The highest BCUT2D eigenvalue weighted by atomic mass is 16.4. The van der Waals surface area contributed by atoms with Crippen LogP contribution in [0, 0.1) is 12.8 Å². The number of hydrogen-bond donors (Lipinski definition) is 1. The van der Waals surface area contributed by atoms with Crippen LogP contribution in [0.15, 0.2) is 18.3 Å². The average molecular weight is 220 g/mol. The van der Waals surface area contributed by atoms with Gasteiger partial charge in [-0.3, -0.25) is 4.79 Å². The minimum Gasteiger partial charge on any atom is -0.481 e. The second kappa shape index (κ2) is 4.12. The molecule has 1 N–H and O–H groups in total. The molecule has 2 atom stereocenters. The van der Waals surface area contributed by atoms with Crippen molar-refractivity contribution in [3.8, 4) is 0 Å². The molecule has 0 spiro atoms. The molecule has 0 radical (unpaired) electrons. The Hall–Kier alpha value is -1.58. The molecular weight excluding hydrogens is 204 g/mol. The highest BCUT2D eigenvalue weighted by Gasteiger charge is 2.36. The number of aryl methyl sites for hydroxylation is 1. The van der Waals surface area contributed by atoms with Gasteiger partial charge in [-0.2, -0.15) is 0 Å². The molecule has 1 aromatic heterocycles. The number of carbonyl (C=O) groups is 1. The third kappa shape index (κ3) is 1.87. The van der Waals surface area contributed by atoms with Gasteiger partial charge in [0.1, 0.15) is 5.82 Å². The quantitative estimate of drug-likeness (QED) is 0.824. The van der Waals surface area contributed by atoms with Crippen molar-refractivity contribution in [1.82, 2.24) is 4.98 Å². The highest BCUT2D eigenvalue weighted by Crippen LogP contribution is 2.28. The molecule has 0 bridgehead atoms. The Morgan fingerprint density at radius 2 is 2.31 bits per heavy atom. The summed E-state index contributed by atoms with van der Waals surface area (Å²) in [5.74, 6) is -0.105. The van der Waals surface area contributed by atoms with Crippen LogP contribution in [0.5, 0.6) is 0 Å². The molecule has 1 saturated heterocycles. The third-order valence-electron chi connectivity index (χ3n) is 3.26. The van der Waals surface area contributed by atoms with E-state index >= 15 is 0 Å². The summed E-state index contributed by atoms with van der Waals surface area (Å²) < 4.78 is 0. The number of rotatable bonds is 2. The van der Waals surface area contributed by atoms with Gasteiger partial charge in [0.25, 0.3) is 0 Å². The summed E-state index contributed by atoms with van der Waals surface area (Å²) in [5.41, 5.74) is 1.12. The van der Waals surface area contributed by atoms with Gasteiger partial charge < -0.3 is 10.0 Å². The summed E-state index contributed by atoms with van der Waals surface area (Å²) in [6.45, 7) is 4.71. The first kappa shape index (κ1) is 10.9. The van der Waals surface area contributed by atoms with E-state index in [-0.39, 0.29) is 12.0 Å². The number of pyridine rings is 1. The fourth-order valence-corrected chi connectivity index (χ4v) is 2.22. The molecular formula is C12H16N2O2. The molecule has 1 aromatic rings. The van der Waals surface area contributed by atoms with Gasteiger partial charge in [-0.1, -0.05) is 6.07 Å². The molecule has 0 amide bonds. The largest absolute Gasteiger partial charge is 0.481 e. The maximum absolute atomic E-state index is 11.0. The molecule has 2 unspecified atom stereocenters. The molecule has 2 heterocycles. The number of aliphatic carboxylic acids is 1. The van der Waals surface area contributed by atoms with Crippen LogP contribution in [-0.4, -0.2) is 28.6 Å². The van der Waals surface area contributed by atoms with Crippen molar-refractivity contribution >= 4 is 11.8 Å². The summed E-state index contributed by atoms with van der Waals surface area (Å²) >= 11 is 0. The van der Waals surface area contributed by atoms with Crippen LogP contribution in [-0.2, 0) is 4.79 Å². The molecule has 1 aliphatic rings. The van der Waals surface area contributed by atoms with Gasteiger partial charge >= 0.3 is 5.97 Å². The van der Waals surface area contributed by atoms with Crippen LogP contribution < -0.4 is 4.90 Å². The molecule has 16 heavy (non-hydrogen) atoms. The zero-order valence-corrected chi connectivity index (χ0v) is 9.55. The summed E-state index contributed by atoms with van der Waals surface area (Å²) in [6.07, 6.45) is 2.52. The van der Waals surface area contributed by atoms with Gasteiger partial charge in [-0.15, -0.1) is 0 Å². The third-order valence-corrected chi connectivity index (χ3v) is 3.26. The Balaban J connectivity index is 2.18. The monoisotopic (exact) mass is 220 g/mol. The van der Waals surface area contributed by atoms with E-state index < -0.39 is 5.97 Å². The summed E-state index contributed by atoms with van der Waals surface area (Å²) in [5, 5.41) is 9.05. The van der Waals surface area contributed by atoms with Crippen molar-refractivity contribution in [1.29, 1.82) is 0 Å².